The fourth-order valence-electron chi connectivity index (χ4n) is 1.27. The van der Waals surface area contributed by atoms with E-state index in [9.17, 15) is 0 Å². The first-order valence-electron chi connectivity index (χ1n) is 4.26. The molecular weight excluding hydrogens is 178 g/mol. The van der Waals surface area contributed by atoms with Crippen molar-refractivity contribution in [2.24, 2.45) is 5.73 Å². The van der Waals surface area contributed by atoms with Gasteiger partial charge >= 0.3 is 0 Å². The van der Waals surface area contributed by atoms with Crippen LogP contribution in [0.2, 0.25) is 0 Å². The average Bonchev–Trinajstić information content (AvgIpc) is 2.56. The van der Waals surface area contributed by atoms with Crippen LogP contribution in [0.15, 0.2) is 12.3 Å². The van der Waals surface area contributed by atoms with Gasteiger partial charge in [0.05, 0.1) is 0 Å². The first kappa shape index (κ1) is 8.68. The molecule has 0 amide bonds. The van der Waals surface area contributed by atoms with Gasteiger partial charge in [-0.15, -0.1) is 0 Å². The third kappa shape index (κ3) is 1.14. The zero-order valence-corrected chi connectivity index (χ0v) is 8.07. The van der Waals surface area contributed by atoms with Crippen molar-refractivity contribution >= 4 is 11.5 Å². The normalized spacial score (nSPS) is 10.7. The summed E-state index contributed by atoms with van der Waals surface area (Å²) < 4.78 is 1.70. The second-order valence-corrected chi connectivity index (χ2v) is 3.24. The Balaban J connectivity index is 2.77. The first-order valence-corrected chi connectivity index (χ1v) is 4.26. The number of hydrogen-bond acceptors (Lipinski definition) is 3. The van der Waals surface area contributed by atoms with Crippen molar-refractivity contribution in [2.75, 3.05) is 0 Å². The second kappa shape index (κ2) is 2.80. The van der Waals surface area contributed by atoms with Crippen LogP contribution >= 0.6 is 0 Å². The molecular formula is C9H11N5. The summed E-state index contributed by atoms with van der Waals surface area (Å²) in [6.07, 6.45) is 1.79. The Morgan fingerprint density at radius 1 is 1.50 bits per heavy atom. The molecule has 0 fully saturated rings. The minimum absolute atomic E-state index is 0.0347. The van der Waals surface area contributed by atoms with Gasteiger partial charge in [-0.25, -0.2) is 9.50 Å². The summed E-state index contributed by atoms with van der Waals surface area (Å²) in [7, 11) is 0. The minimum Gasteiger partial charge on any atom is -0.382 e. The summed E-state index contributed by atoms with van der Waals surface area (Å²) in [6, 6.07) is 1.70. The number of fused-ring (bicyclic) bond motifs is 1. The van der Waals surface area contributed by atoms with Gasteiger partial charge in [0.1, 0.15) is 11.5 Å². The van der Waals surface area contributed by atoms with Crippen LogP contribution in [-0.2, 0) is 0 Å². The SMILES string of the molecule is Cc1cnc2cc(C(=N)N)nn2c1C. The lowest BCUT2D eigenvalue weighted by molar-refractivity contribution is 0.875. The van der Waals surface area contributed by atoms with E-state index in [1.165, 1.54) is 0 Å². The molecule has 0 bridgehead atoms. The minimum atomic E-state index is -0.0347. The number of aromatic nitrogens is 3. The van der Waals surface area contributed by atoms with E-state index in [0.717, 1.165) is 16.9 Å². The van der Waals surface area contributed by atoms with Crippen LogP contribution < -0.4 is 5.73 Å². The van der Waals surface area contributed by atoms with Gasteiger partial charge in [0.15, 0.2) is 5.65 Å². The molecule has 0 aromatic carbocycles. The highest BCUT2D eigenvalue weighted by molar-refractivity contribution is 5.93. The van der Waals surface area contributed by atoms with Crippen molar-refractivity contribution in [3.63, 3.8) is 0 Å². The summed E-state index contributed by atoms with van der Waals surface area (Å²) in [4.78, 5) is 4.19. The Labute approximate surface area is 81.1 Å². The molecule has 0 spiro atoms. The lowest BCUT2D eigenvalue weighted by Crippen LogP contribution is -2.11. The number of amidine groups is 1. The molecule has 0 saturated carbocycles. The maximum Gasteiger partial charge on any atom is 0.155 e. The highest BCUT2D eigenvalue weighted by Crippen LogP contribution is 2.09. The van der Waals surface area contributed by atoms with Crippen molar-refractivity contribution in [3.05, 3.63) is 29.2 Å². The van der Waals surface area contributed by atoms with Crippen molar-refractivity contribution < 1.29 is 0 Å². The Hall–Kier alpha value is -1.91. The van der Waals surface area contributed by atoms with E-state index in [0.29, 0.717) is 5.69 Å². The fraction of sp³-hybridized carbons (Fsp3) is 0.222. The molecule has 0 aliphatic rings. The van der Waals surface area contributed by atoms with Crippen LogP contribution in [0.25, 0.3) is 5.65 Å². The van der Waals surface area contributed by atoms with Gasteiger partial charge in [-0.3, -0.25) is 5.41 Å². The van der Waals surface area contributed by atoms with Gasteiger partial charge in [-0.1, -0.05) is 0 Å². The van der Waals surface area contributed by atoms with E-state index < -0.39 is 0 Å². The third-order valence-electron chi connectivity index (χ3n) is 2.25. The number of aryl methyl sites for hydroxylation is 2. The lowest BCUT2D eigenvalue weighted by Gasteiger charge is -2.00. The zero-order chi connectivity index (χ0) is 10.3. The molecule has 5 nitrogen and oxygen atoms in total. The second-order valence-electron chi connectivity index (χ2n) is 3.24. The molecule has 0 unspecified atom stereocenters. The van der Waals surface area contributed by atoms with Crippen LogP contribution in [0, 0.1) is 19.3 Å². The molecule has 0 atom stereocenters. The molecule has 14 heavy (non-hydrogen) atoms. The highest BCUT2D eigenvalue weighted by atomic mass is 15.3. The topological polar surface area (TPSA) is 80.1 Å². The molecule has 0 radical (unpaired) electrons. The molecule has 2 rings (SSSR count). The van der Waals surface area contributed by atoms with Crippen LogP contribution in [0.3, 0.4) is 0 Å². The maximum atomic E-state index is 7.27. The zero-order valence-electron chi connectivity index (χ0n) is 8.07. The number of nitrogens with zero attached hydrogens (tertiary/aromatic N) is 3. The summed E-state index contributed by atoms with van der Waals surface area (Å²) in [5, 5.41) is 11.4. The van der Waals surface area contributed by atoms with Crippen molar-refractivity contribution in [2.45, 2.75) is 13.8 Å². The molecule has 0 aliphatic heterocycles. The number of hydrogen-bond donors (Lipinski definition) is 2. The lowest BCUT2D eigenvalue weighted by atomic mass is 10.3. The molecule has 72 valence electrons. The monoisotopic (exact) mass is 189 g/mol. The van der Waals surface area contributed by atoms with Gasteiger partial charge in [-0.2, -0.15) is 5.10 Å². The molecule has 3 N–H and O–H groups in total. The molecule has 5 heteroatoms. The van der Waals surface area contributed by atoms with Gasteiger partial charge in [0.25, 0.3) is 0 Å². The standard InChI is InChI=1S/C9H11N5/c1-5-4-12-8-3-7(9(10)11)13-14(8)6(5)2/h3-4H,1-2H3,(H3,10,11). The Bertz CT molecular complexity index is 511. The molecule has 2 aromatic rings. The number of nitrogens with two attached hydrogens (primary N) is 1. The van der Waals surface area contributed by atoms with Crippen molar-refractivity contribution in [1.29, 1.82) is 5.41 Å². The van der Waals surface area contributed by atoms with Gasteiger partial charge in [-0.05, 0) is 19.4 Å². The van der Waals surface area contributed by atoms with E-state index in [2.05, 4.69) is 10.1 Å². The smallest absolute Gasteiger partial charge is 0.155 e. The summed E-state index contributed by atoms with van der Waals surface area (Å²) in [5.74, 6) is -0.0347. The molecule has 0 saturated heterocycles. The fourth-order valence-corrected chi connectivity index (χ4v) is 1.27. The quantitative estimate of drug-likeness (QED) is 0.510. The maximum absolute atomic E-state index is 7.27. The molecule has 0 aliphatic carbocycles. The summed E-state index contributed by atoms with van der Waals surface area (Å²) >= 11 is 0. The average molecular weight is 189 g/mol. The van der Waals surface area contributed by atoms with Crippen LogP contribution in [0.5, 0.6) is 0 Å². The Kier molecular flexibility index (Phi) is 1.73. The van der Waals surface area contributed by atoms with Gasteiger partial charge < -0.3 is 5.73 Å². The van der Waals surface area contributed by atoms with Crippen molar-refractivity contribution in [3.8, 4) is 0 Å². The van der Waals surface area contributed by atoms with E-state index in [4.69, 9.17) is 11.1 Å². The van der Waals surface area contributed by atoms with Gasteiger partial charge in [0, 0.05) is 18.0 Å². The Morgan fingerprint density at radius 2 is 2.21 bits per heavy atom. The number of nitrogens with one attached hydrogen (secondary N) is 1. The number of nitrogen functional groups attached to an aromatic ring is 1. The number of rotatable bonds is 1. The van der Waals surface area contributed by atoms with Crippen molar-refractivity contribution in [1.82, 2.24) is 14.6 Å². The van der Waals surface area contributed by atoms with Gasteiger partial charge in [0.2, 0.25) is 0 Å². The van der Waals surface area contributed by atoms with E-state index in [-0.39, 0.29) is 5.84 Å². The molecule has 2 heterocycles. The van der Waals surface area contributed by atoms with Crippen LogP contribution in [-0.4, -0.2) is 20.4 Å². The predicted octanol–water partition coefficient (Wildman–Crippen LogP) is 0.630. The van der Waals surface area contributed by atoms with E-state index >= 15 is 0 Å². The Morgan fingerprint density at radius 3 is 2.86 bits per heavy atom. The largest absolute Gasteiger partial charge is 0.382 e. The first-order chi connectivity index (χ1) is 6.59. The van der Waals surface area contributed by atoms with E-state index in [1.807, 2.05) is 13.8 Å². The molecule has 2 aromatic heterocycles. The van der Waals surface area contributed by atoms with E-state index in [1.54, 1.807) is 16.8 Å². The van der Waals surface area contributed by atoms with Crippen LogP contribution in [0.4, 0.5) is 0 Å². The third-order valence-corrected chi connectivity index (χ3v) is 2.25. The predicted molar refractivity (Wildman–Crippen MR) is 53.5 cm³/mol. The summed E-state index contributed by atoms with van der Waals surface area (Å²) in [5.41, 5.74) is 8.61. The summed E-state index contributed by atoms with van der Waals surface area (Å²) in [6.45, 7) is 3.93. The van der Waals surface area contributed by atoms with Crippen LogP contribution in [0.1, 0.15) is 17.0 Å². The highest BCUT2D eigenvalue weighted by Gasteiger charge is 2.07.